The molecule has 3 heterocycles. The van der Waals surface area contributed by atoms with E-state index in [1.54, 1.807) is 24.0 Å². The van der Waals surface area contributed by atoms with Crippen molar-refractivity contribution < 1.29 is 17.9 Å². The summed E-state index contributed by atoms with van der Waals surface area (Å²) in [5, 5.41) is 4.27. The molecule has 33 heavy (non-hydrogen) atoms. The Bertz CT molecular complexity index is 1280. The Kier molecular flexibility index (Phi) is 6.20. The number of nitrogens with two attached hydrogens (primary N) is 1. The largest absolute Gasteiger partial charge is 0.469 e. The molecule has 170 valence electrons. The molecule has 0 radical (unpaired) electrons. The molecule has 0 fully saturated rings. The van der Waals surface area contributed by atoms with E-state index in [1.165, 1.54) is 30.3 Å². The Morgan fingerprint density at radius 1 is 1.06 bits per heavy atom. The lowest BCUT2D eigenvalue weighted by molar-refractivity contribution is 0.146. The molecule has 1 aromatic carbocycles. The highest BCUT2D eigenvalue weighted by Crippen LogP contribution is 2.39. The van der Waals surface area contributed by atoms with Gasteiger partial charge in [-0.25, -0.2) is 23.1 Å². The first-order valence-electron chi connectivity index (χ1n) is 10.1. The number of nitrogens with zero attached hydrogens (tertiary/aromatic N) is 6. The number of halogens is 3. The highest BCUT2D eigenvalue weighted by Gasteiger charge is 2.22. The van der Waals surface area contributed by atoms with Crippen molar-refractivity contribution in [3.63, 3.8) is 0 Å². The first kappa shape index (κ1) is 22.2. The molecule has 0 saturated carbocycles. The number of aryl methyl sites for hydroxylation is 2. The summed E-state index contributed by atoms with van der Waals surface area (Å²) >= 11 is 0. The number of pyridine rings is 1. The van der Waals surface area contributed by atoms with Gasteiger partial charge in [-0.15, -0.1) is 0 Å². The molecule has 0 saturated heterocycles. The summed E-state index contributed by atoms with van der Waals surface area (Å²) < 4.78 is 48.0. The topological polar surface area (TPSA) is 105 Å². The van der Waals surface area contributed by atoms with E-state index in [1.807, 2.05) is 6.92 Å². The lowest BCUT2D eigenvalue weighted by Crippen LogP contribution is -2.07. The number of hydrogen-bond donors (Lipinski definition) is 1. The molecule has 0 aliphatic rings. The number of anilines is 1. The van der Waals surface area contributed by atoms with Crippen molar-refractivity contribution in [1.29, 1.82) is 0 Å². The summed E-state index contributed by atoms with van der Waals surface area (Å²) in [7, 11) is 0. The van der Waals surface area contributed by atoms with Crippen LogP contribution in [0.25, 0.3) is 22.4 Å². The fourth-order valence-corrected chi connectivity index (χ4v) is 3.27. The molecular weight excluding hydrogens is 435 g/mol. The summed E-state index contributed by atoms with van der Waals surface area (Å²) in [6, 6.07) is 8.42. The summed E-state index contributed by atoms with van der Waals surface area (Å²) in [5.74, 6) is -0.0703. The molecule has 0 aliphatic carbocycles. The standard InChI is InChI=1S/C22H20F3N7O/c1-3-32-11-27-17(31-32)10-33-21-18(14-8-12(2)28-16(9-14)20(24)25)19(29-22(26)30-21)13-4-6-15(23)7-5-13/h4-9,11,20H,3,10H2,1-2H3,(H2,26,29,30). The van der Waals surface area contributed by atoms with E-state index in [-0.39, 0.29) is 18.4 Å². The third-order valence-corrected chi connectivity index (χ3v) is 4.74. The molecule has 11 heteroatoms. The van der Waals surface area contributed by atoms with E-state index < -0.39 is 17.9 Å². The van der Waals surface area contributed by atoms with Crippen LogP contribution < -0.4 is 10.5 Å². The van der Waals surface area contributed by atoms with Crippen LogP contribution in [0.2, 0.25) is 0 Å². The molecule has 3 aromatic heterocycles. The van der Waals surface area contributed by atoms with Crippen molar-refractivity contribution in [2.24, 2.45) is 0 Å². The highest BCUT2D eigenvalue weighted by molar-refractivity contribution is 5.85. The molecule has 8 nitrogen and oxygen atoms in total. The predicted molar refractivity (Wildman–Crippen MR) is 115 cm³/mol. The van der Waals surface area contributed by atoms with Crippen LogP contribution in [0.4, 0.5) is 19.1 Å². The fraction of sp³-hybridized carbons (Fsp3) is 0.227. The van der Waals surface area contributed by atoms with Gasteiger partial charge >= 0.3 is 0 Å². The minimum Gasteiger partial charge on any atom is -0.469 e. The number of hydrogen-bond acceptors (Lipinski definition) is 7. The number of alkyl halides is 2. The van der Waals surface area contributed by atoms with Gasteiger partial charge in [0.15, 0.2) is 12.4 Å². The maximum Gasteiger partial charge on any atom is 0.280 e. The lowest BCUT2D eigenvalue weighted by Gasteiger charge is -2.16. The average Bonchev–Trinajstić information content (AvgIpc) is 3.25. The van der Waals surface area contributed by atoms with Crippen molar-refractivity contribution in [2.75, 3.05) is 5.73 Å². The SMILES string of the molecule is CCn1cnc(COc2nc(N)nc(-c3ccc(F)cc3)c2-c2cc(C)nc(C(F)F)c2)n1. The van der Waals surface area contributed by atoms with Gasteiger partial charge in [-0.1, -0.05) is 0 Å². The first-order chi connectivity index (χ1) is 15.8. The summed E-state index contributed by atoms with van der Waals surface area (Å²) in [5.41, 5.74) is 7.39. The monoisotopic (exact) mass is 455 g/mol. The summed E-state index contributed by atoms with van der Waals surface area (Å²) in [6.07, 6.45) is -1.21. The molecule has 4 aromatic rings. The zero-order valence-corrected chi connectivity index (χ0v) is 17.8. The molecule has 4 rings (SSSR count). The van der Waals surface area contributed by atoms with E-state index in [4.69, 9.17) is 10.5 Å². The second-order valence-corrected chi connectivity index (χ2v) is 7.15. The minimum atomic E-state index is -2.78. The number of rotatable bonds is 7. The van der Waals surface area contributed by atoms with E-state index in [0.29, 0.717) is 40.4 Å². The van der Waals surface area contributed by atoms with Gasteiger partial charge in [-0.2, -0.15) is 10.1 Å². The van der Waals surface area contributed by atoms with E-state index in [9.17, 15) is 13.2 Å². The maximum absolute atomic E-state index is 13.5. The zero-order valence-electron chi connectivity index (χ0n) is 17.8. The van der Waals surface area contributed by atoms with Crippen LogP contribution in [0.5, 0.6) is 5.88 Å². The molecule has 0 atom stereocenters. The van der Waals surface area contributed by atoms with Gasteiger partial charge in [0.05, 0.1) is 11.3 Å². The molecule has 0 amide bonds. The third kappa shape index (κ3) is 4.92. The van der Waals surface area contributed by atoms with Crippen LogP contribution in [-0.4, -0.2) is 29.7 Å². The van der Waals surface area contributed by atoms with Crippen molar-refractivity contribution >= 4 is 5.95 Å². The summed E-state index contributed by atoms with van der Waals surface area (Å²) in [4.78, 5) is 16.6. The quantitative estimate of drug-likeness (QED) is 0.441. The average molecular weight is 455 g/mol. The highest BCUT2D eigenvalue weighted by atomic mass is 19.3. The van der Waals surface area contributed by atoms with Crippen molar-refractivity contribution in [3.8, 4) is 28.3 Å². The molecule has 2 N–H and O–H groups in total. The Morgan fingerprint density at radius 3 is 2.48 bits per heavy atom. The van der Waals surface area contributed by atoms with Gasteiger partial charge in [0.1, 0.15) is 17.8 Å². The van der Waals surface area contributed by atoms with Crippen molar-refractivity contribution in [2.45, 2.75) is 33.4 Å². The number of ether oxygens (including phenoxy) is 1. The van der Waals surface area contributed by atoms with Gasteiger partial charge in [-0.05, 0) is 55.8 Å². The van der Waals surface area contributed by atoms with E-state index in [2.05, 4.69) is 25.0 Å². The van der Waals surface area contributed by atoms with Gasteiger partial charge in [-0.3, -0.25) is 9.67 Å². The normalized spacial score (nSPS) is 11.2. The molecule has 0 unspecified atom stereocenters. The first-order valence-corrected chi connectivity index (χ1v) is 10.1. The van der Waals surface area contributed by atoms with Crippen LogP contribution in [0.1, 0.15) is 30.6 Å². The van der Waals surface area contributed by atoms with Crippen LogP contribution in [-0.2, 0) is 13.2 Å². The zero-order chi connectivity index (χ0) is 23.5. The Labute approximate surface area is 187 Å². The van der Waals surface area contributed by atoms with Crippen molar-refractivity contribution in [3.05, 3.63) is 65.8 Å². The summed E-state index contributed by atoms with van der Waals surface area (Å²) in [6.45, 7) is 4.13. The maximum atomic E-state index is 13.5. The smallest absolute Gasteiger partial charge is 0.280 e. The molecule has 0 spiro atoms. The second-order valence-electron chi connectivity index (χ2n) is 7.15. The van der Waals surface area contributed by atoms with Gasteiger partial charge < -0.3 is 10.5 Å². The number of benzene rings is 1. The second kappa shape index (κ2) is 9.23. The van der Waals surface area contributed by atoms with Crippen LogP contribution in [0, 0.1) is 12.7 Å². The number of nitrogen functional groups attached to an aromatic ring is 1. The molecule has 0 aliphatic heterocycles. The fourth-order valence-electron chi connectivity index (χ4n) is 3.27. The predicted octanol–water partition coefficient (Wildman–Crippen LogP) is 4.36. The Hall–Kier alpha value is -4.02. The Morgan fingerprint density at radius 2 is 1.82 bits per heavy atom. The number of aromatic nitrogens is 6. The van der Waals surface area contributed by atoms with Gasteiger partial charge in [0.25, 0.3) is 6.43 Å². The van der Waals surface area contributed by atoms with Gasteiger partial charge in [0.2, 0.25) is 11.8 Å². The van der Waals surface area contributed by atoms with Crippen LogP contribution in [0.3, 0.4) is 0 Å². The van der Waals surface area contributed by atoms with E-state index >= 15 is 0 Å². The van der Waals surface area contributed by atoms with Crippen LogP contribution in [0.15, 0.2) is 42.7 Å². The van der Waals surface area contributed by atoms with E-state index in [0.717, 1.165) is 0 Å². The Balaban J connectivity index is 1.87. The third-order valence-electron chi connectivity index (χ3n) is 4.74. The van der Waals surface area contributed by atoms with Gasteiger partial charge in [0, 0.05) is 17.8 Å². The molecule has 0 bridgehead atoms. The van der Waals surface area contributed by atoms with Crippen molar-refractivity contribution in [1.82, 2.24) is 29.7 Å². The minimum absolute atomic E-state index is 0.0366. The lowest BCUT2D eigenvalue weighted by atomic mass is 9.99. The molecular formula is C22H20F3N7O. The van der Waals surface area contributed by atoms with Crippen LogP contribution >= 0.6 is 0 Å².